The third-order valence-electron chi connectivity index (χ3n) is 4.61. The largest absolute Gasteiger partial charge is 0.463 e. The van der Waals surface area contributed by atoms with Crippen molar-refractivity contribution in [3.05, 3.63) is 60.0 Å². The van der Waals surface area contributed by atoms with Crippen molar-refractivity contribution in [2.24, 2.45) is 0 Å². The summed E-state index contributed by atoms with van der Waals surface area (Å²) in [4.78, 5) is 12.6. The Morgan fingerprint density at radius 1 is 1.26 bits per heavy atom. The Bertz CT molecular complexity index is 1070. The molecule has 0 saturated carbocycles. The van der Waals surface area contributed by atoms with E-state index in [1.54, 1.807) is 22.9 Å². The monoisotopic (exact) mass is 385 g/mol. The summed E-state index contributed by atoms with van der Waals surface area (Å²) >= 11 is 0. The molecule has 0 aliphatic carbocycles. The highest BCUT2D eigenvalue weighted by Crippen LogP contribution is 2.30. The molecule has 27 heavy (non-hydrogen) atoms. The standard InChI is InChI=1S/C19H19N3O4S/c1-13-4-6-14(7-5-13)20-19(23)16-11-17(18-3-2-9-26-18)22(21-16)15-8-10-27(24,25)12-15/h2-7,9,11,15H,8,10,12H2,1H3,(H,20,23). The van der Waals surface area contributed by atoms with E-state index in [1.165, 1.54) is 6.26 Å². The van der Waals surface area contributed by atoms with Crippen molar-refractivity contribution in [1.82, 2.24) is 9.78 Å². The lowest BCUT2D eigenvalue weighted by molar-refractivity contribution is 0.102. The summed E-state index contributed by atoms with van der Waals surface area (Å²) in [7, 11) is -3.08. The fraction of sp³-hybridized carbons (Fsp3) is 0.263. The zero-order valence-electron chi connectivity index (χ0n) is 14.8. The van der Waals surface area contributed by atoms with Gasteiger partial charge in [-0.2, -0.15) is 5.10 Å². The van der Waals surface area contributed by atoms with Crippen LogP contribution in [0.2, 0.25) is 0 Å². The molecule has 1 aromatic carbocycles. The fourth-order valence-electron chi connectivity index (χ4n) is 3.19. The molecule has 0 radical (unpaired) electrons. The number of furan rings is 1. The van der Waals surface area contributed by atoms with E-state index in [0.29, 0.717) is 23.6 Å². The minimum atomic E-state index is -3.08. The van der Waals surface area contributed by atoms with E-state index in [2.05, 4.69) is 10.4 Å². The van der Waals surface area contributed by atoms with Gasteiger partial charge in [-0.15, -0.1) is 0 Å². The molecule has 0 bridgehead atoms. The number of amides is 1. The molecule has 1 amide bonds. The van der Waals surface area contributed by atoms with Gasteiger partial charge < -0.3 is 9.73 Å². The SMILES string of the molecule is Cc1ccc(NC(=O)c2cc(-c3ccco3)n(C3CCS(=O)(=O)C3)n2)cc1. The maximum absolute atomic E-state index is 12.6. The van der Waals surface area contributed by atoms with Gasteiger partial charge in [0, 0.05) is 11.8 Å². The van der Waals surface area contributed by atoms with Crippen LogP contribution < -0.4 is 5.32 Å². The number of carbonyl (C=O) groups is 1. The van der Waals surface area contributed by atoms with Crippen molar-refractivity contribution < 1.29 is 17.6 Å². The van der Waals surface area contributed by atoms with Gasteiger partial charge in [0.05, 0.1) is 23.8 Å². The van der Waals surface area contributed by atoms with Gasteiger partial charge in [0.25, 0.3) is 5.91 Å². The highest BCUT2D eigenvalue weighted by atomic mass is 32.2. The summed E-state index contributed by atoms with van der Waals surface area (Å²) in [6.45, 7) is 1.97. The van der Waals surface area contributed by atoms with Crippen molar-refractivity contribution in [2.75, 3.05) is 16.8 Å². The molecule has 1 saturated heterocycles. The third-order valence-corrected chi connectivity index (χ3v) is 6.36. The molecular weight excluding hydrogens is 366 g/mol. The van der Waals surface area contributed by atoms with E-state index in [4.69, 9.17) is 4.42 Å². The second-order valence-corrected chi connectivity index (χ2v) is 8.94. The van der Waals surface area contributed by atoms with Crippen molar-refractivity contribution in [1.29, 1.82) is 0 Å². The van der Waals surface area contributed by atoms with Gasteiger partial charge in [0.15, 0.2) is 21.3 Å². The molecule has 1 N–H and O–H groups in total. The molecule has 1 atom stereocenters. The quantitative estimate of drug-likeness (QED) is 0.745. The predicted octanol–water partition coefficient (Wildman–Crippen LogP) is 3.06. The number of carbonyl (C=O) groups excluding carboxylic acids is 1. The Labute approximate surface area is 156 Å². The molecule has 2 aromatic heterocycles. The summed E-state index contributed by atoms with van der Waals surface area (Å²) in [6.07, 6.45) is 2.00. The Morgan fingerprint density at radius 2 is 2.04 bits per heavy atom. The Kier molecular flexibility index (Phi) is 4.35. The number of nitrogens with one attached hydrogen (secondary N) is 1. The number of benzene rings is 1. The predicted molar refractivity (Wildman–Crippen MR) is 101 cm³/mol. The van der Waals surface area contributed by atoms with E-state index < -0.39 is 9.84 Å². The Hall–Kier alpha value is -2.87. The number of aryl methyl sites for hydroxylation is 1. The molecule has 1 aliphatic heterocycles. The zero-order valence-corrected chi connectivity index (χ0v) is 15.6. The molecule has 1 unspecified atom stereocenters. The minimum absolute atomic E-state index is 0.0153. The Balaban J connectivity index is 1.66. The first-order chi connectivity index (χ1) is 12.9. The summed E-state index contributed by atoms with van der Waals surface area (Å²) in [5.41, 5.74) is 2.57. The van der Waals surface area contributed by atoms with E-state index >= 15 is 0 Å². The van der Waals surface area contributed by atoms with Gasteiger partial charge in [-0.3, -0.25) is 9.48 Å². The summed E-state index contributed by atoms with van der Waals surface area (Å²) in [6, 6.07) is 12.3. The van der Waals surface area contributed by atoms with E-state index in [1.807, 2.05) is 31.2 Å². The second-order valence-electron chi connectivity index (χ2n) is 6.71. The maximum atomic E-state index is 12.6. The molecule has 4 rings (SSSR count). The lowest BCUT2D eigenvalue weighted by atomic mass is 10.2. The number of aromatic nitrogens is 2. The van der Waals surface area contributed by atoms with Crippen LogP contribution in [0.1, 0.15) is 28.5 Å². The topological polar surface area (TPSA) is 94.2 Å². The normalized spacial score (nSPS) is 18.5. The van der Waals surface area contributed by atoms with Crippen LogP contribution in [0.5, 0.6) is 0 Å². The smallest absolute Gasteiger partial charge is 0.276 e. The van der Waals surface area contributed by atoms with Gasteiger partial charge in [-0.1, -0.05) is 17.7 Å². The van der Waals surface area contributed by atoms with Crippen LogP contribution in [0.25, 0.3) is 11.5 Å². The molecular formula is C19H19N3O4S. The van der Waals surface area contributed by atoms with Crippen LogP contribution in [0.15, 0.2) is 53.1 Å². The van der Waals surface area contributed by atoms with E-state index in [-0.39, 0.29) is 29.1 Å². The van der Waals surface area contributed by atoms with Crippen molar-refractivity contribution in [3.8, 4) is 11.5 Å². The first-order valence-corrected chi connectivity index (χ1v) is 10.5. The highest BCUT2D eigenvalue weighted by Gasteiger charge is 2.32. The molecule has 140 valence electrons. The summed E-state index contributed by atoms with van der Waals surface area (Å²) in [5.74, 6) is 0.328. The van der Waals surface area contributed by atoms with Crippen LogP contribution in [-0.4, -0.2) is 35.6 Å². The van der Waals surface area contributed by atoms with Gasteiger partial charge in [0.2, 0.25) is 0 Å². The van der Waals surface area contributed by atoms with Gasteiger partial charge >= 0.3 is 0 Å². The van der Waals surface area contributed by atoms with Crippen LogP contribution >= 0.6 is 0 Å². The maximum Gasteiger partial charge on any atom is 0.276 e. The van der Waals surface area contributed by atoms with Gasteiger partial charge in [-0.05, 0) is 37.6 Å². The fourth-order valence-corrected chi connectivity index (χ4v) is 4.88. The minimum Gasteiger partial charge on any atom is -0.463 e. The van der Waals surface area contributed by atoms with Crippen LogP contribution in [-0.2, 0) is 9.84 Å². The number of anilines is 1. The molecule has 8 heteroatoms. The Morgan fingerprint density at radius 3 is 2.67 bits per heavy atom. The van der Waals surface area contributed by atoms with E-state index in [0.717, 1.165) is 5.56 Å². The highest BCUT2D eigenvalue weighted by molar-refractivity contribution is 7.91. The zero-order chi connectivity index (χ0) is 19.0. The van der Waals surface area contributed by atoms with Crippen LogP contribution in [0.3, 0.4) is 0 Å². The second kappa shape index (κ2) is 6.70. The average Bonchev–Trinajstić information content (AvgIpc) is 3.35. The van der Waals surface area contributed by atoms with Crippen molar-refractivity contribution in [2.45, 2.75) is 19.4 Å². The molecule has 1 fully saturated rings. The number of rotatable bonds is 4. The lowest BCUT2D eigenvalue weighted by Gasteiger charge is -2.11. The first-order valence-electron chi connectivity index (χ1n) is 8.63. The molecule has 3 heterocycles. The van der Waals surface area contributed by atoms with Crippen molar-refractivity contribution in [3.63, 3.8) is 0 Å². The molecule has 7 nitrogen and oxygen atoms in total. The van der Waals surface area contributed by atoms with Crippen LogP contribution in [0.4, 0.5) is 5.69 Å². The molecule has 3 aromatic rings. The van der Waals surface area contributed by atoms with Crippen molar-refractivity contribution >= 4 is 21.4 Å². The van der Waals surface area contributed by atoms with Gasteiger partial charge in [-0.25, -0.2) is 8.42 Å². The first kappa shape index (κ1) is 17.5. The number of hydrogen-bond acceptors (Lipinski definition) is 5. The molecule has 0 spiro atoms. The summed E-state index contributed by atoms with van der Waals surface area (Å²) in [5, 5.41) is 7.22. The number of sulfone groups is 1. The van der Waals surface area contributed by atoms with Gasteiger partial charge in [0.1, 0.15) is 5.69 Å². The van der Waals surface area contributed by atoms with Crippen LogP contribution in [0, 0.1) is 6.92 Å². The third kappa shape index (κ3) is 3.66. The summed E-state index contributed by atoms with van der Waals surface area (Å²) < 4.78 is 30.8. The molecule has 1 aliphatic rings. The average molecular weight is 385 g/mol. The number of hydrogen-bond donors (Lipinski definition) is 1. The van der Waals surface area contributed by atoms with E-state index in [9.17, 15) is 13.2 Å². The lowest BCUT2D eigenvalue weighted by Crippen LogP contribution is -2.16. The number of nitrogens with zero attached hydrogens (tertiary/aromatic N) is 2.